The molecule has 0 fully saturated rings. The van der Waals surface area contributed by atoms with Gasteiger partial charge in [-0.05, 0) is 44.5 Å². The summed E-state index contributed by atoms with van der Waals surface area (Å²) in [6.07, 6.45) is 1.22. The lowest BCUT2D eigenvalue weighted by Gasteiger charge is -2.13. The zero-order chi connectivity index (χ0) is 15.6. The van der Waals surface area contributed by atoms with E-state index in [2.05, 4.69) is 14.9 Å². The summed E-state index contributed by atoms with van der Waals surface area (Å²) in [6, 6.07) is 5.14. The molecule has 1 aromatic carbocycles. The summed E-state index contributed by atoms with van der Waals surface area (Å²) in [4.78, 5) is -0.0793. The zero-order valence-corrected chi connectivity index (χ0v) is 12.9. The number of aromatic amines is 1. The van der Waals surface area contributed by atoms with Gasteiger partial charge in [-0.2, -0.15) is 5.10 Å². The number of benzene rings is 1. The van der Waals surface area contributed by atoms with Gasteiger partial charge in [0.1, 0.15) is 16.5 Å². The summed E-state index contributed by atoms with van der Waals surface area (Å²) in [6.45, 7) is 5.64. The maximum atomic E-state index is 12.2. The summed E-state index contributed by atoms with van der Waals surface area (Å²) in [7, 11) is -3.77. The molecule has 21 heavy (non-hydrogen) atoms. The second-order valence-corrected chi connectivity index (χ2v) is 6.55. The van der Waals surface area contributed by atoms with Crippen LogP contribution in [0.15, 0.2) is 29.3 Å². The van der Waals surface area contributed by atoms with E-state index in [0.717, 1.165) is 5.56 Å². The van der Waals surface area contributed by atoms with Gasteiger partial charge in [0.05, 0.1) is 18.0 Å². The molecule has 0 saturated carbocycles. The quantitative estimate of drug-likeness (QED) is 0.781. The van der Waals surface area contributed by atoms with E-state index in [4.69, 9.17) is 10.5 Å². The molecule has 0 amide bonds. The monoisotopic (exact) mass is 310 g/mol. The molecular formula is C13H18N4O3S. The third-order valence-electron chi connectivity index (χ3n) is 2.74. The fourth-order valence-corrected chi connectivity index (χ4v) is 2.95. The van der Waals surface area contributed by atoms with Crippen LogP contribution in [0.4, 0.5) is 11.5 Å². The third-order valence-corrected chi connectivity index (χ3v) is 4.13. The van der Waals surface area contributed by atoms with Crippen LogP contribution < -0.4 is 15.2 Å². The molecule has 0 saturated heterocycles. The van der Waals surface area contributed by atoms with Gasteiger partial charge in [-0.15, -0.1) is 0 Å². The number of nitrogens with one attached hydrogen (secondary N) is 2. The number of aromatic nitrogens is 2. The molecule has 2 aromatic rings. The second kappa shape index (κ2) is 5.65. The lowest BCUT2D eigenvalue weighted by atomic mass is 10.2. The predicted octanol–water partition coefficient (Wildman–Crippen LogP) is 1.89. The Balaban J connectivity index is 2.26. The number of aryl methyl sites for hydroxylation is 1. The number of nitrogens with two attached hydrogens (primary N) is 1. The highest BCUT2D eigenvalue weighted by molar-refractivity contribution is 7.92. The Morgan fingerprint density at radius 1 is 1.38 bits per heavy atom. The van der Waals surface area contributed by atoms with Crippen molar-refractivity contribution in [2.45, 2.75) is 31.8 Å². The van der Waals surface area contributed by atoms with E-state index in [-0.39, 0.29) is 16.8 Å². The number of anilines is 2. The molecule has 0 atom stereocenters. The van der Waals surface area contributed by atoms with E-state index in [0.29, 0.717) is 11.4 Å². The predicted molar refractivity (Wildman–Crippen MR) is 80.8 cm³/mol. The number of nitrogens with zero attached hydrogens (tertiary/aromatic N) is 1. The molecule has 0 aliphatic rings. The van der Waals surface area contributed by atoms with Gasteiger partial charge in [0.2, 0.25) is 0 Å². The Morgan fingerprint density at radius 2 is 2.10 bits per heavy atom. The van der Waals surface area contributed by atoms with E-state index in [9.17, 15) is 8.42 Å². The Hall–Kier alpha value is -2.22. The summed E-state index contributed by atoms with van der Waals surface area (Å²) in [5.41, 5.74) is 6.75. The van der Waals surface area contributed by atoms with Crippen LogP contribution in [0.2, 0.25) is 0 Å². The normalized spacial score (nSPS) is 11.6. The van der Waals surface area contributed by atoms with Crippen molar-refractivity contribution in [1.82, 2.24) is 10.2 Å². The van der Waals surface area contributed by atoms with Crippen molar-refractivity contribution in [2.24, 2.45) is 0 Å². The average molecular weight is 310 g/mol. The number of hydrogen-bond donors (Lipinski definition) is 3. The number of sulfonamides is 1. The van der Waals surface area contributed by atoms with Crippen molar-refractivity contribution in [1.29, 1.82) is 0 Å². The van der Waals surface area contributed by atoms with Gasteiger partial charge in [-0.25, -0.2) is 8.42 Å². The SMILES string of the molecule is Cc1cc(OC(C)C)ccc1NS(=O)(=O)c1cn[nH]c1N. The molecule has 0 aliphatic heterocycles. The van der Waals surface area contributed by atoms with Gasteiger partial charge >= 0.3 is 0 Å². The molecule has 0 spiro atoms. The van der Waals surface area contributed by atoms with Crippen LogP contribution in [0.3, 0.4) is 0 Å². The maximum Gasteiger partial charge on any atom is 0.267 e. The fourth-order valence-electron chi connectivity index (χ4n) is 1.80. The first-order chi connectivity index (χ1) is 9.79. The van der Waals surface area contributed by atoms with Crippen LogP contribution in [0.5, 0.6) is 5.75 Å². The fraction of sp³-hybridized carbons (Fsp3) is 0.308. The summed E-state index contributed by atoms with van der Waals surface area (Å²) in [5.74, 6) is 0.688. The summed E-state index contributed by atoms with van der Waals surface area (Å²) in [5, 5.41) is 6.00. The molecule has 1 aromatic heterocycles. The number of nitrogen functional groups attached to an aromatic ring is 1. The van der Waals surface area contributed by atoms with Crippen LogP contribution in [0.25, 0.3) is 0 Å². The second-order valence-electron chi connectivity index (χ2n) is 4.90. The maximum absolute atomic E-state index is 12.2. The van der Waals surface area contributed by atoms with Gasteiger partial charge in [0, 0.05) is 0 Å². The number of hydrogen-bond acceptors (Lipinski definition) is 5. The molecule has 0 radical (unpaired) electrons. The molecule has 7 nitrogen and oxygen atoms in total. The highest BCUT2D eigenvalue weighted by Crippen LogP contribution is 2.25. The Kier molecular flexibility index (Phi) is 4.08. The minimum Gasteiger partial charge on any atom is -0.491 e. The summed E-state index contributed by atoms with van der Waals surface area (Å²) >= 11 is 0. The third kappa shape index (κ3) is 3.46. The van der Waals surface area contributed by atoms with Crippen LogP contribution in [-0.2, 0) is 10.0 Å². The first kappa shape index (κ1) is 15.2. The number of ether oxygens (including phenoxy) is 1. The first-order valence-electron chi connectivity index (χ1n) is 6.38. The summed E-state index contributed by atoms with van der Waals surface area (Å²) < 4.78 is 32.5. The van der Waals surface area contributed by atoms with Crippen molar-refractivity contribution in [3.05, 3.63) is 30.0 Å². The van der Waals surface area contributed by atoms with Crippen LogP contribution >= 0.6 is 0 Å². The molecule has 0 bridgehead atoms. The highest BCUT2D eigenvalue weighted by Gasteiger charge is 2.20. The Bertz CT molecular complexity index is 738. The standard InChI is InChI=1S/C13H18N4O3S/c1-8(2)20-10-4-5-11(9(3)6-10)17-21(18,19)12-7-15-16-13(12)14/h4-8,17H,1-3H3,(H3,14,15,16). The Morgan fingerprint density at radius 3 is 2.62 bits per heavy atom. The highest BCUT2D eigenvalue weighted by atomic mass is 32.2. The van der Waals surface area contributed by atoms with E-state index in [1.807, 2.05) is 13.8 Å². The lowest BCUT2D eigenvalue weighted by Crippen LogP contribution is -2.15. The number of rotatable bonds is 5. The molecule has 0 aliphatic carbocycles. The number of H-pyrrole nitrogens is 1. The minimum absolute atomic E-state index is 0.0000793. The van der Waals surface area contributed by atoms with Gasteiger partial charge in [-0.3, -0.25) is 9.82 Å². The van der Waals surface area contributed by atoms with Crippen molar-refractivity contribution >= 4 is 21.5 Å². The van der Waals surface area contributed by atoms with Crippen LogP contribution in [0, 0.1) is 6.92 Å². The average Bonchev–Trinajstić information content (AvgIpc) is 2.79. The van der Waals surface area contributed by atoms with E-state index in [1.54, 1.807) is 25.1 Å². The lowest BCUT2D eigenvalue weighted by molar-refractivity contribution is 0.242. The van der Waals surface area contributed by atoms with Gasteiger partial charge < -0.3 is 10.5 Å². The van der Waals surface area contributed by atoms with Crippen LogP contribution in [0.1, 0.15) is 19.4 Å². The van der Waals surface area contributed by atoms with Crippen molar-refractivity contribution < 1.29 is 13.2 Å². The molecular weight excluding hydrogens is 292 g/mol. The van der Waals surface area contributed by atoms with Gasteiger partial charge in [0.25, 0.3) is 10.0 Å². The molecule has 4 N–H and O–H groups in total. The molecule has 114 valence electrons. The molecule has 2 rings (SSSR count). The molecule has 8 heteroatoms. The van der Waals surface area contributed by atoms with Gasteiger partial charge in [0.15, 0.2) is 0 Å². The van der Waals surface area contributed by atoms with E-state index >= 15 is 0 Å². The van der Waals surface area contributed by atoms with E-state index in [1.165, 1.54) is 6.20 Å². The van der Waals surface area contributed by atoms with Crippen molar-refractivity contribution in [3.63, 3.8) is 0 Å². The van der Waals surface area contributed by atoms with Gasteiger partial charge in [-0.1, -0.05) is 0 Å². The molecule has 0 unspecified atom stereocenters. The van der Waals surface area contributed by atoms with Crippen molar-refractivity contribution in [3.8, 4) is 5.75 Å². The van der Waals surface area contributed by atoms with E-state index < -0.39 is 10.0 Å². The largest absolute Gasteiger partial charge is 0.491 e. The van der Waals surface area contributed by atoms with Crippen LogP contribution in [-0.4, -0.2) is 24.7 Å². The van der Waals surface area contributed by atoms with Crippen molar-refractivity contribution in [2.75, 3.05) is 10.5 Å². The minimum atomic E-state index is -3.77. The molecule has 1 heterocycles. The smallest absolute Gasteiger partial charge is 0.267 e. The first-order valence-corrected chi connectivity index (χ1v) is 7.87. The topological polar surface area (TPSA) is 110 Å². The zero-order valence-electron chi connectivity index (χ0n) is 12.0. The Labute approximate surface area is 123 Å².